The Morgan fingerprint density at radius 1 is 1.12 bits per heavy atom. The number of H-pyrrole nitrogens is 1. The fourth-order valence-corrected chi connectivity index (χ4v) is 2.18. The van der Waals surface area contributed by atoms with E-state index < -0.39 is 0 Å². The number of hydrogen-bond acceptors (Lipinski definition) is 1. The van der Waals surface area contributed by atoms with E-state index in [4.69, 9.17) is 5.11 Å². The molecule has 1 aromatic heterocycles. The molecule has 0 amide bonds. The molecule has 0 unspecified atom stereocenters. The van der Waals surface area contributed by atoms with Crippen molar-refractivity contribution >= 4 is 0 Å². The Kier molecular flexibility index (Phi) is 3.64. The van der Waals surface area contributed by atoms with E-state index in [1.165, 1.54) is 28.1 Å². The topological polar surface area (TPSA) is 36.0 Å². The quantitative estimate of drug-likeness (QED) is 0.829. The van der Waals surface area contributed by atoms with Crippen LogP contribution in [0.3, 0.4) is 0 Å². The van der Waals surface area contributed by atoms with E-state index in [0.717, 1.165) is 12.8 Å². The average molecular weight is 229 g/mol. The molecule has 0 radical (unpaired) electrons. The first-order valence-electron chi connectivity index (χ1n) is 6.07. The van der Waals surface area contributed by atoms with Gasteiger partial charge in [-0.3, -0.25) is 0 Å². The molecule has 0 fully saturated rings. The molecule has 2 heteroatoms. The van der Waals surface area contributed by atoms with Gasteiger partial charge in [-0.05, 0) is 49.9 Å². The molecule has 0 saturated heterocycles. The number of nitrogens with one attached hydrogen (secondary N) is 1. The molecule has 2 N–H and O–H groups in total. The first-order chi connectivity index (χ1) is 8.22. The van der Waals surface area contributed by atoms with E-state index in [9.17, 15) is 0 Å². The van der Waals surface area contributed by atoms with E-state index in [-0.39, 0.29) is 6.61 Å². The van der Waals surface area contributed by atoms with Crippen LogP contribution in [0, 0.1) is 13.8 Å². The van der Waals surface area contributed by atoms with Crippen LogP contribution >= 0.6 is 0 Å². The van der Waals surface area contributed by atoms with Crippen LogP contribution in [0.15, 0.2) is 30.3 Å². The van der Waals surface area contributed by atoms with Crippen molar-refractivity contribution in [2.45, 2.75) is 26.7 Å². The first-order valence-corrected chi connectivity index (χ1v) is 6.07. The summed E-state index contributed by atoms with van der Waals surface area (Å²) in [5.74, 6) is 0. The summed E-state index contributed by atoms with van der Waals surface area (Å²) >= 11 is 0. The van der Waals surface area contributed by atoms with E-state index in [2.05, 4.69) is 49.2 Å². The molecular weight excluding hydrogens is 210 g/mol. The maximum Gasteiger partial charge on any atom is 0.0458 e. The SMILES string of the molecule is Cc1ccc(-c2cccc(CCCO)c2C)[nH]1. The van der Waals surface area contributed by atoms with E-state index in [1.54, 1.807) is 0 Å². The van der Waals surface area contributed by atoms with Gasteiger partial charge < -0.3 is 10.1 Å². The van der Waals surface area contributed by atoms with Crippen LogP contribution in [-0.4, -0.2) is 16.7 Å². The summed E-state index contributed by atoms with van der Waals surface area (Å²) in [4.78, 5) is 3.37. The lowest BCUT2D eigenvalue weighted by atomic mass is 9.97. The molecule has 0 saturated carbocycles. The minimum atomic E-state index is 0.255. The Morgan fingerprint density at radius 3 is 2.59 bits per heavy atom. The standard InChI is InChI=1S/C15H19NO/c1-11-8-9-15(16-11)14-7-3-5-13(12(14)2)6-4-10-17/h3,5,7-9,16-17H,4,6,10H2,1-2H3. The number of aromatic amines is 1. The molecule has 0 aliphatic rings. The minimum Gasteiger partial charge on any atom is -0.396 e. The molecule has 2 rings (SSSR count). The molecule has 0 aliphatic heterocycles. The summed E-state index contributed by atoms with van der Waals surface area (Å²) in [6.07, 6.45) is 1.77. The number of aliphatic hydroxyl groups is 1. The van der Waals surface area contributed by atoms with Crippen LogP contribution in [0.2, 0.25) is 0 Å². The summed E-state index contributed by atoms with van der Waals surface area (Å²) in [5.41, 5.74) is 6.24. The fourth-order valence-electron chi connectivity index (χ4n) is 2.18. The Bertz CT molecular complexity index is 499. The van der Waals surface area contributed by atoms with Crippen LogP contribution in [-0.2, 0) is 6.42 Å². The Balaban J connectivity index is 2.35. The number of aryl methyl sites for hydroxylation is 2. The summed E-state index contributed by atoms with van der Waals surface area (Å²) in [6, 6.07) is 10.6. The molecule has 1 heterocycles. The highest BCUT2D eigenvalue weighted by Crippen LogP contribution is 2.25. The van der Waals surface area contributed by atoms with Crippen LogP contribution in [0.5, 0.6) is 0 Å². The lowest BCUT2D eigenvalue weighted by Gasteiger charge is -2.10. The van der Waals surface area contributed by atoms with Crippen molar-refractivity contribution in [2.24, 2.45) is 0 Å². The smallest absolute Gasteiger partial charge is 0.0458 e. The van der Waals surface area contributed by atoms with Gasteiger partial charge in [-0.25, -0.2) is 0 Å². The summed E-state index contributed by atoms with van der Waals surface area (Å²) < 4.78 is 0. The van der Waals surface area contributed by atoms with Gasteiger partial charge in [-0.2, -0.15) is 0 Å². The van der Waals surface area contributed by atoms with Gasteiger partial charge in [-0.15, -0.1) is 0 Å². The second-order valence-corrected chi connectivity index (χ2v) is 4.47. The van der Waals surface area contributed by atoms with Crippen molar-refractivity contribution in [1.82, 2.24) is 4.98 Å². The van der Waals surface area contributed by atoms with Crippen LogP contribution in [0.1, 0.15) is 23.2 Å². The number of benzene rings is 1. The molecular formula is C15H19NO. The lowest BCUT2D eigenvalue weighted by molar-refractivity contribution is 0.288. The van der Waals surface area contributed by atoms with Gasteiger partial charge in [0, 0.05) is 23.6 Å². The van der Waals surface area contributed by atoms with Crippen LogP contribution in [0.4, 0.5) is 0 Å². The molecule has 0 atom stereocenters. The second kappa shape index (κ2) is 5.19. The van der Waals surface area contributed by atoms with Gasteiger partial charge in [0.2, 0.25) is 0 Å². The van der Waals surface area contributed by atoms with Gasteiger partial charge in [0.15, 0.2) is 0 Å². The molecule has 0 bridgehead atoms. The fraction of sp³-hybridized carbons (Fsp3) is 0.333. The number of aliphatic hydroxyl groups excluding tert-OH is 1. The van der Waals surface area contributed by atoms with E-state index in [0.29, 0.717) is 0 Å². The van der Waals surface area contributed by atoms with Crippen molar-refractivity contribution in [1.29, 1.82) is 0 Å². The number of hydrogen-bond donors (Lipinski definition) is 2. The summed E-state index contributed by atoms with van der Waals surface area (Å²) in [6.45, 7) is 4.47. The molecule has 2 aromatic rings. The minimum absolute atomic E-state index is 0.255. The third kappa shape index (κ3) is 2.59. The zero-order chi connectivity index (χ0) is 12.3. The maximum atomic E-state index is 8.90. The first kappa shape index (κ1) is 11.9. The van der Waals surface area contributed by atoms with Gasteiger partial charge in [0.1, 0.15) is 0 Å². The highest BCUT2D eigenvalue weighted by Gasteiger charge is 2.06. The number of aromatic nitrogens is 1. The highest BCUT2D eigenvalue weighted by molar-refractivity contribution is 5.65. The van der Waals surface area contributed by atoms with Gasteiger partial charge in [-0.1, -0.05) is 18.2 Å². The zero-order valence-corrected chi connectivity index (χ0v) is 10.5. The van der Waals surface area contributed by atoms with Gasteiger partial charge in [0.05, 0.1) is 0 Å². The van der Waals surface area contributed by atoms with Crippen molar-refractivity contribution in [3.05, 3.63) is 47.2 Å². The Hall–Kier alpha value is -1.54. The van der Waals surface area contributed by atoms with Crippen molar-refractivity contribution < 1.29 is 5.11 Å². The maximum absolute atomic E-state index is 8.90. The van der Waals surface area contributed by atoms with Crippen molar-refractivity contribution in [2.75, 3.05) is 6.61 Å². The van der Waals surface area contributed by atoms with Crippen LogP contribution in [0.25, 0.3) is 11.3 Å². The predicted octanol–water partition coefficient (Wildman–Crippen LogP) is 3.22. The highest BCUT2D eigenvalue weighted by atomic mass is 16.2. The normalized spacial score (nSPS) is 10.8. The molecule has 0 aliphatic carbocycles. The average Bonchev–Trinajstić information content (AvgIpc) is 2.74. The van der Waals surface area contributed by atoms with Crippen molar-refractivity contribution in [3.63, 3.8) is 0 Å². The van der Waals surface area contributed by atoms with E-state index >= 15 is 0 Å². The molecule has 0 spiro atoms. The summed E-state index contributed by atoms with van der Waals surface area (Å²) in [7, 11) is 0. The predicted molar refractivity (Wildman–Crippen MR) is 71.1 cm³/mol. The Labute approximate surface area is 102 Å². The molecule has 90 valence electrons. The lowest BCUT2D eigenvalue weighted by Crippen LogP contribution is -1.95. The van der Waals surface area contributed by atoms with E-state index in [1.807, 2.05) is 0 Å². The second-order valence-electron chi connectivity index (χ2n) is 4.47. The van der Waals surface area contributed by atoms with Gasteiger partial charge >= 0.3 is 0 Å². The van der Waals surface area contributed by atoms with Gasteiger partial charge in [0.25, 0.3) is 0 Å². The van der Waals surface area contributed by atoms with Crippen LogP contribution < -0.4 is 0 Å². The third-order valence-electron chi connectivity index (χ3n) is 3.17. The molecule has 2 nitrogen and oxygen atoms in total. The Morgan fingerprint density at radius 2 is 1.94 bits per heavy atom. The number of rotatable bonds is 4. The van der Waals surface area contributed by atoms with Crippen molar-refractivity contribution in [3.8, 4) is 11.3 Å². The molecule has 1 aromatic carbocycles. The molecule has 17 heavy (non-hydrogen) atoms. The summed E-state index contributed by atoms with van der Waals surface area (Å²) in [5, 5.41) is 8.90. The zero-order valence-electron chi connectivity index (χ0n) is 10.5. The largest absolute Gasteiger partial charge is 0.396 e. The monoisotopic (exact) mass is 229 g/mol. The third-order valence-corrected chi connectivity index (χ3v) is 3.17.